The van der Waals surface area contributed by atoms with Crippen molar-refractivity contribution in [1.82, 2.24) is 15.0 Å². The van der Waals surface area contributed by atoms with E-state index in [9.17, 15) is 0 Å². The van der Waals surface area contributed by atoms with Crippen LogP contribution in [-0.4, -0.2) is 15.0 Å². The van der Waals surface area contributed by atoms with Crippen LogP contribution < -0.4 is 16.6 Å². The van der Waals surface area contributed by atoms with Crippen molar-refractivity contribution in [2.24, 2.45) is 5.84 Å². The van der Waals surface area contributed by atoms with Gasteiger partial charge in [0.15, 0.2) is 0 Å². The molecule has 0 amide bonds. The van der Waals surface area contributed by atoms with Gasteiger partial charge in [0.1, 0.15) is 23.0 Å². The maximum Gasteiger partial charge on any atom is 0.148 e. The van der Waals surface area contributed by atoms with Gasteiger partial charge < -0.3 is 10.7 Å². The van der Waals surface area contributed by atoms with Gasteiger partial charge in [-0.15, -0.1) is 11.3 Å². The summed E-state index contributed by atoms with van der Waals surface area (Å²) < 4.78 is 0. The van der Waals surface area contributed by atoms with Crippen molar-refractivity contribution >= 4 is 23.0 Å². The number of aryl methyl sites for hydroxylation is 1. The molecule has 0 radical (unpaired) electrons. The standard InChI is InChI=1S/C13H20N6S/c1-4-5-10-11(16-7-17-12(10)19-14)18-9(3)13-15-6-8(2)20-13/h6-7,9H,4-5,14H2,1-3H3,(H2,16,17,18,19). The maximum absolute atomic E-state index is 5.52. The number of nitrogens with zero attached hydrogens (tertiary/aromatic N) is 3. The van der Waals surface area contributed by atoms with Crippen LogP contribution in [0, 0.1) is 6.92 Å². The Bertz CT molecular complexity index is 568. The number of hydrazine groups is 1. The number of rotatable bonds is 6. The molecule has 2 aromatic heterocycles. The summed E-state index contributed by atoms with van der Waals surface area (Å²) in [6.45, 7) is 6.24. The number of nitrogens with two attached hydrogens (primary N) is 1. The highest BCUT2D eigenvalue weighted by Crippen LogP contribution is 2.26. The summed E-state index contributed by atoms with van der Waals surface area (Å²) in [6, 6.07) is 0.102. The van der Waals surface area contributed by atoms with Crippen LogP contribution in [0.2, 0.25) is 0 Å². The lowest BCUT2D eigenvalue weighted by Crippen LogP contribution is -2.15. The Hall–Kier alpha value is -1.73. The van der Waals surface area contributed by atoms with Gasteiger partial charge in [0.05, 0.1) is 6.04 Å². The molecule has 0 aliphatic rings. The quantitative estimate of drug-likeness (QED) is 0.560. The molecule has 2 rings (SSSR count). The first kappa shape index (κ1) is 14.7. The van der Waals surface area contributed by atoms with E-state index in [0.29, 0.717) is 5.82 Å². The maximum atomic E-state index is 5.52. The number of hydrogen-bond acceptors (Lipinski definition) is 7. The molecule has 2 heterocycles. The van der Waals surface area contributed by atoms with E-state index in [1.165, 1.54) is 11.2 Å². The topological polar surface area (TPSA) is 88.8 Å². The van der Waals surface area contributed by atoms with Crippen LogP contribution in [0.5, 0.6) is 0 Å². The van der Waals surface area contributed by atoms with Gasteiger partial charge in [0.25, 0.3) is 0 Å². The minimum absolute atomic E-state index is 0.102. The number of aromatic nitrogens is 3. The summed E-state index contributed by atoms with van der Waals surface area (Å²) >= 11 is 1.69. The zero-order chi connectivity index (χ0) is 14.5. The Kier molecular flexibility index (Phi) is 4.86. The molecular formula is C13H20N6S. The van der Waals surface area contributed by atoms with E-state index in [2.05, 4.69) is 46.5 Å². The van der Waals surface area contributed by atoms with Gasteiger partial charge in [0.2, 0.25) is 0 Å². The van der Waals surface area contributed by atoms with E-state index in [4.69, 9.17) is 5.84 Å². The van der Waals surface area contributed by atoms with Crippen molar-refractivity contribution in [2.45, 2.75) is 39.7 Å². The molecule has 0 spiro atoms. The molecular weight excluding hydrogens is 272 g/mol. The molecule has 4 N–H and O–H groups in total. The molecule has 1 unspecified atom stereocenters. The van der Waals surface area contributed by atoms with Crippen molar-refractivity contribution in [3.8, 4) is 0 Å². The number of hydrogen-bond donors (Lipinski definition) is 3. The Morgan fingerprint density at radius 2 is 2.05 bits per heavy atom. The summed E-state index contributed by atoms with van der Waals surface area (Å²) in [6.07, 6.45) is 5.27. The monoisotopic (exact) mass is 292 g/mol. The van der Waals surface area contributed by atoms with E-state index in [0.717, 1.165) is 29.2 Å². The SMILES string of the molecule is CCCc1c(NN)ncnc1NC(C)c1ncc(C)s1. The third kappa shape index (κ3) is 3.23. The Labute approximate surface area is 122 Å². The second-order valence-electron chi connectivity index (χ2n) is 4.62. The van der Waals surface area contributed by atoms with Gasteiger partial charge >= 0.3 is 0 Å². The van der Waals surface area contributed by atoms with Crippen molar-refractivity contribution in [3.05, 3.63) is 28.0 Å². The fourth-order valence-corrected chi connectivity index (χ4v) is 2.76. The second kappa shape index (κ2) is 6.62. The van der Waals surface area contributed by atoms with E-state index < -0.39 is 0 Å². The third-order valence-electron chi connectivity index (χ3n) is 2.94. The van der Waals surface area contributed by atoms with Gasteiger partial charge in [-0.05, 0) is 20.3 Å². The first-order valence-corrected chi connectivity index (χ1v) is 7.46. The zero-order valence-corrected chi connectivity index (χ0v) is 12.8. The van der Waals surface area contributed by atoms with E-state index in [-0.39, 0.29) is 6.04 Å². The van der Waals surface area contributed by atoms with Crippen LogP contribution in [-0.2, 0) is 6.42 Å². The predicted molar refractivity (Wildman–Crippen MR) is 82.7 cm³/mol. The summed E-state index contributed by atoms with van der Waals surface area (Å²) in [7, 11) is 0. The van der Waals surface area contributed by atoms with Crippen molar-refractivity contribution in [2.75, 3.05) is 10.7 Å². The van der Waals surface area contributed by atoms with E-state index >= 15 is 0 Å². The first-order valence-electron chi connectivity index (χ1n) is 6.65. The van der Waals surface area contributed by atoms with Crippen LogP contribution >= 0.6 is 11.3 Å². The normalized spacial score (nSPS) is 12.2. The Morgan fingerprint density at radius 3 is 2.65 bits per heavy atom. The fraction of sp³-hybridized carbons (Fsp3) is 0.462. The largest absolute Gasteiger partial charge is 0.361 e. The number of nitrogens with one attached hydrogen (secondary N) is 2. The molecule has 108 valence electrons. The average molecular weight is 292 g/mol. The molecule has 7 heteroatoms. The summed E-state index contributed by atoms with van der Waals surface area (Å²) in [4.78, 5) is 14.1. The van der Waals surface area contributed by atoms with Crippen LogP contribution in [0.3, 0.4) is 0 Å². The summed E-state index contributed by atoms with van der Waals surface area (Å²) in [5.41, 5.74) is 3.65. The first-order chi connectivity index (χ1) is 9.65. The molecule has 1 atom stereocenters. The Balaban J connectivity index is 2.24. The lowest BCUT2D eigenvalue weighted by molar-refractivity contribution is 0.838. The van der Waals surface area contributed by atoms with Gasteiger partial charge in [0, 0.05) is 16.6 Å². The summed E-state index contributed by atoms with van der Waals surface area (Å²) in [5.74, 6) is 7.00. The molecule has 6 nitrogen and oxygen atoms in total. The molecule has 0 saturated carbocycles. The van der Waals surface area contributed by atoms with Crippen molar-refractivity contribution in [3.63, 3.8) is 0 Å². The predicted octanol–water partition coefficient (Wildman–Crippen LogP) is 2.65. The highest BCUT2D eigenvalue weighted by atomic mass is 32.1. The van der Waals surface area contributed by atoms with E-state index in [1.54, 1.807) is 11.3 Å². The number of thiazole rings is 1. The lowest BCUT2D eigenvalue weighted by Gasteiger charge is -2.16. The molecule has 20 heavy (non-hydrogen) atoms. The molecule has 0 saturated heterocycles. The smallest absolute Gasteiger partial charge is 0.148 e. The zero-order valence-electron chi connectivity index (χ0n) is 12.0. The molecule has 0 aliphatic heterocycles. The van der Waals surface area contributed by atoms with Gasteiger partial charge in [-0.3, -0.25) is 0 Å². The molecule has 0 aromatic carbocycles. The molecule has 0 fully saturated rings. The second-order valence-corrected chi connectivity index (χ2v) is 5.89. The van der Waals surface area contributed by atoms with Crippen molar-refractivity contribution in [1.29, 1.82) is 0 Å². The van der Waals surface area contributed by atoms with Gasteiger partial charge in [-0.2, -0.15) is 0 Å². The Morgan fingerprint density at radius 1 is 1.30 bits per heavy atom. The van der Waals surface area contributed by atoms with Crippen LogP contribution in [0.25, 0.3) is 0 Å². The third-order valence-corrected chi connectivity index (χ3v) is 4.04. The van der Waals surface area contributed by atoms with Gasteiger partial charge in [-0.25, -0.2) is 20.8 Å². The van der Waals surface area contributed by atoms with Crippen molar-refractivity contribution < 1.29 is 0 Å². The van der Waals surface area contributed by atoms with Crippen LogP contribution in [0.1, 0.15) is 41.8 Å². The molecule has 2 aromatic rings. The van der Waals surface area contributed by atoms with Crippen LogP contribution in [0.4, 0.5) is 11.6 Å². The minimum Gasteiger partial charge on any atom is -0.361 e. The lowest BCUT2D eigenvalue weighted by atomic mass is 10.1. The summed E-state index contributed by atoms with van der Waals surface area (Å²) in [5, 5.41) is 4.45. The molecule has 0 aliphatic carbocycles. The molecule has 0 bridgehead atoms. The number of anilines is 2. The highest BCUT2D eigenvalue weighted by Gasteiger charge is 2.15. The van der Waals surface area contributed by atoms with Crippen LogP contribution in [0.15, 0.2) is 12.5 Å². The van der Waals surface area contributed by atoms with Gasteiger partial charge in [-0.1, -0.05) is 13.3 Å². The highest BCUT2D eigenvalue weighted by molar-refractivity contribution is 7.11. The minimum atomic E-state index is 0.102. The number of nitrogen functional groups attached to an aromatic ring is 1. The van der Waals surface area contributed by atoms with E-state index in [1.807, 2.05) is 6.20 Å². The average Bonchev–Trinajstić information content (AvgIpc) is 2.87. The fourth-order valence-electron chi connectivity index (χ4n) is 1.99.